The summed E-state index contributed by atoms with van der Waals surface area (Å²) in [5, 5.41) is 3.39. The van der Waals surface area contributed by atoms with Gasteiger partial charge in [-0.2, -0.15) is 0 Å². The van der Waals surface area contributed by atoms with Gasteiger partial charge in [0, 0.05) is 25.5 Å². The van der Waals surface area contributed by atoms with Crippen molar-refractivity contribution in [3.63, 3.8) is 0 Å². The lowest BCUT2D eigenvalue weighted by atomic mass is 10.2. The SMILES string of the molecule is COc1cccc(CNCc2ccncc2)c1.Cl. The highest BCUT2D eigenvalue weighted by molar-refractivity contribution is 5.85. The number of pyridine rings is 1. The first-order valence-corrected chi connectivity index (χ1v) is 5.61. The van der Waals surface area contributed by atoms with Crippen molar-refractivity contribution in [1.29, 1.82) is 0 Å². The van der Waals surface area contributed by atoms with Crippen molar-refractivity contribution in [2.75, 3.05) is 7.11 Å². The van der Waals surface area contributed by atoms with Crippen LogP contribution in [-0.4, -0.2) is 12.1 Å². The van der Waals surface area contributed by atoms with E-state index in [1.54, 1.807) is 7.11 Å². The number of hydrogen-bond acceptors (Lipinski definition) is 3. The fraction of sp³-hybridized carbons (Fsp3) is 0.214. The van der Waals surface area contributed by atoms with E-state index in [9.17, 15) is 0 Å². The molecule has 2 aromatic rings. The Morgan fingerprint density at radius 2 is 1.78 bits per heavy atom. The summed E-state index contributed by atoms with van der Waals surface area (Å²) in [5.74, 6) is 0.896. The molecule has 0 aliphatic carbocycles. The molecular weight excluding hydrogens is 248 g/mol. The van der Waals surface area contributed by atoms with E-state index in [1.165, 1.54) is 11.1 Å². The maximum atomic E-state index is 5.18. The van der Waals surface area contributed by atoms with Crippen molar-refractivity contribution < 1.29 is 4.74 Å². The summed E-state index contributed by atoms with van der Waals surface area (Å²) in [6.45, 7) is 1.68. The number of halogens is 1. The highest BCUT2D eigenvalue weighted by Crippen LogP contribution is 2.12. The third kappa shape index (κ3) is 4.35. The van der Waals surface area contributed by atoms with Crippen LogP contribution in [-0.2, 0) is 13.1 Å². The van der Waals surface area contributed by atoms with Crippen molar-refractivity contribution in [3.8, 4) is 5.75 Å². The number of methoxy groups -OCH3 is 1. The molecule has 2 rings (SSSR count). The maximum absolute atomic E-state index is 5.18. The maximum Gasteiger partial charge on any atom is 0.119 e. The molecule has 1 aromatic carbocycles. The molecule has 0 amide bonds. The summed E-state index contributed by atoms with van der Waals surface area (Å²) in [6, 6.07) is 12.1. The molecule has 0 saturated heterocycles. The lowest BCUT2D eigenvalue weighted by Crippen LogP contribution is -2.12. The number of nitrogens with zero attached hydrogens (tertiary/aromatic N) is 1. The van der Waals surface area contributed by atoms with Gasteiger partial charge in [-0.15, -0.1) is 12.4 Å². The molecule has 18 heavy (non-hydrogen) atoms. The third-order valence-electron chi connectivity index (χ3n) is 2.54. The Kier molecular flexibility index (Phi) is 6.19. The largest absolute Gasteiger partial charge is 0.497 e. The smallest absolute Gasteiger partial charge is 0.119 e. The molecule has 3 nitrogen and oxygen atoms in total. The standard InChI is InChI=1S/C14H16N2O.ClH/c1-17-14-4-2-3-13(9-14)11-16-10-12-5-7-15-8-6-12;/h2-9,16H,10-11H2,1H3;1H. The van der Waals surface area contributed by atoms with E-state index < -0.39 is 0 Å². The Morgan fingerprint density at radius 3 is 2.50 bits per heavy atom. The van der Waals surface area contributed by atoms with Crippen molar-refractivity contribution in [3.05, 3.63) is 59.9 Å². The van der Waals surface area contributed by atoms with Gasteiger partial charge in [-0.25, -0.2) is 0 Å². The summed E-state index contributed by atoms with van der Waals surface area (Å²) in [6.07, 6.45) is 3.62. The van der Waals surface area contributed by atoms with Crippen LogP contribution in [0.15, 0.2) is 48.8 Å². The second kappa shape index (κ2) is 7.69. The van der Waals surface area contributed by atoms with E-state index in [2.05, 4.69) is 16.4 Å². The Labute approximate surface area is 114 Å². The molecule has 0 radical (unpaired) electrons. The molecule has 0 spiro atoms. The molecular formula is C14H17ClN2O. The number of rotatable bonds is 5. The van der Waals surface area contributed by atoms with Crippen molar-refractivity contribution in [1.82, 2.24) is 10.3 Å². The van der Waals surface area contributed by atoms with Gasteiger partial charge in [-0.3, -0.25) is 4.98 Å². The fourth-order valence-electron chi connectivity index (χ4n) is 1.63. The van der Waals surface area contributed by atoms with Gasteiger partial charge in [0.2, 0.25) is 0 Å². The second-order valence-corrected chi connectivity index (χ2v) is 3.81. The quantitative estimate of drug-likeness (QED) is 0.902. The van der Waals surface area contributed by atoms with Gasteiger partial charge in [0.1, 0.15) is 5.75 Å². The van der Waals surface area contributed by atoms with E-state index in [-0.39, 0.29) is 12.4 Å². The molecule has 1 N–H and O–H groups in total. The van der Waals surface area contributed by atoms with E-state index in [1.807, 2.05) is 42.7 Å². The molecule has 0 aliphatic heterocycles. The van der Waals surface area contributed by atoms with Crippen LogP contribution in [0.3, 0.4) is 0 Å². The van der Waals surface area contributed by atoms with Gasteiger partial charge in [0.15, 0.2) is 0 Å². The van der Waals surface area contributed by atoms with Gasteiger partial charge in [0.25, 0.3) is 0 Å². The molecule has 0 atom stereocenters. The number of ether oxygens (including phenoxy) is 1. The summed E-state index contributed by atoms with van der Waals surface area (Å²) in [7, 11) is 1.68. The first-order chi connectivity index (χ1) is 8.38. The zero-order chi connectivity index (χ0) is 11.9. The van der Waals surface area contributed by atoms with Gasteiger partial charge < -0.3 is 10.1 Å². The van der Waals surface area contributed by atoms with Gasteiger partial charge >= 0.3 is 0 Å². The predicted molar refractivity (Wildman–Crippen MR) is 75.0 cm³/mol. The zero-order valence-corrected chi connectivity index (χ0v) is 11.1. The normalized spacial score (nSPS) is 9.61. The monoisotopic (exact) mass is 264 g/mol. The van der Waals surface area contributed by atoms with Crippen molar-refractivity contribution in [2.45, 2.75) is 13.1 Å². The van der Waals surface area contributed by atoms with Crippen LogP contribution in [0.5, 0.6) is 5.75 Å². The minimum atomic E-state index is 0. The summed E-state index contributed by atoms with van der Waals surface area (Å²) >= 11 is 0. The molecule has 0 unspecified atom stereocenters. The van der Waals surface area contributed by atoms with E-state index >= 15 is 0 Å². The van der Waals surface area contributed by atoms with Crippen LogP contribution < -0.4 is 10.1 Å². The third-order valence-corrected chi connectivity index (χ3v) is 2.54. The van der Waals surface area contributed by atoms with Gasteiger partial charge in [0.05, 0.1) is 7.11 Å². The molecule has 96 valence electrons. The van der Waals surface area contributed by atoms with E-state index in [4.69, 9.17) is 4.74 Å². The summed E-state index contributed by atoms with van der Waals surface area (Å²) in [5.41, 5.74) is 2.46. The summed E-state index contributed by atoms with van der Waals surface area (Å²) in [4.78, 5) is 3.99. The average molecular weight is 265 g/mol. The molecule has 0 fully saturated rings. The van der Waals surface area contributed by atoms with E-state index in [0.717, 1.165) is 18.8 Å². The Morgan fingerprint density at radius 1 is 1.06 bits per heavy atom. The highest BCUT2D eigenvalue weighted by Gasteiger charge is 1.96. The molecule has 1 heterocycles. The van der Waals surface area contributed by atoms with E-state index in [0.29, 0.717) is 0 Å². The minimum absolute atomic E-state index is 0. The van der Waals surface area contributed by atoms with Crippen LogP contribution in [0.25, 0.3) is 0 Å². The van der Waals surface area contributed by atoms with Crippen LogP contribution in [0.4, 0.5) is 0 Å². The zero-order valence-electron chi connectivity index (χ0n) is 10.3. The van der Waals surface area contributed by atoms with Crippen molar-refractivity contribution >= 4 is 12.4 Å². The molecule has 0 saturated carbocycles. The number of hydrogen-bond donors (Lipinski definition) is 1. The molecule has 4 heteroatoms. The second-order valence-electron chi connectivity index (χ2n) is 3.81. The molecule has 0 aliphatic rings. The first-order valence-electron chi connectivity index (χ1n) is 5.61. The van der Waals surface area contributed by atoms with Crippen LogP contribution in [0.2, 0.25) is 0 Å². The number of aromatic nitrogens is 1. The first kappa shape index (κ1) is 14.5. The predicted octanol–water partition coefficient (Wildman–Crippen LogP) is 2.80. The Bertz CT molecular complexity index is 462. The summed E-state index contributed by atoms with van der Waals surface area (Å²) < 4.78 is 5.18. The average Bonchev–Trinajstić information content (AvgIpc) is 2.40. The van der Waals surface area contributed by atoms with Crippen LogP contribution in [0, 0.1) is 0 Å². The van der Waals surface area contributed by atoms with Crippen molar-refractivity contribution in [2.24, 2.45) is 0 Å². The topological polar surface area (TPSA) is 34.1 Å². The highest BCUT2D eigenvalue weighted by atomic mass is 35.5. The number of nitrogens with one attached hydrogen (secondary N) is 1. The minimum Gasteiger partial charge on any atom is -0.497 e. The molecule has 1 aromatic heterocycles. The lowest BCUT2D eigenvalue weighted by Gasteiger charge is -2.06. The fourth-order valence-corrected chi connectivity index (χ4v) is 1.63. The van der Waals surface area contributed by atoms with Gasteiger partial charge in [-0.1, -0.05) is 12.1 Å². The Balaban J connectivity index is 0.00000162. The lowest BCUT2D eigenvalue weighted by molar-refractivity contribution is 0.414. The van der Waals surface area contributed by atoms with Crippen LogP contribution >= 0.6 is 12.4 Å². The molecule has 0 bridgehead atoms. The Hall–Kier alpha value is -1.58. The van der Waals surface area contributed by atoms with Crippen LogP contribution in [0.1, 0.15) is 11.1 Å². The van der Waals surface area contributed by atoms with Gasteiger partial charge in [-0.05, 0) is 35.4 Å². The number of benzene rings is 1.